The first-order chi connectivity index (χ1) is 8.83. The number of hydrogen-bond donors (Lipinski definition) is 0. The first-order valence-corrected chi connectivity index (χ1v) is 5.69. The van der Waals surface area contributed by atoms with Crippen molar-refractivity contribution in [1.29, 1.82) is 0 Å². The predicted molar refractivity (Wildman–Crippen MR) is 72.2 cm³/mol. The molecule has 0 saturated heterocycles. The highest BCUT2D eigenvalue weighted by Crippen LogP contribution is 2.27. The Labute approximate surface area is 104 Å². The first-order valence-electron chi connectivity index (χ1n) is 5.69. The van der Waals surface area contributed by atoms with Crippen molar-refractivity contribution in [3.05, 3.63) is 59.7 Å². The number of benzene rings is 3. The van der Waals surface area contributed by atoms with Gasteiger partial charge in [-0.3, -0.25) is 9.59 Å². The maximum Gasteiger partial charge on any atom is 0.150 e. The molecule has 86 valence electrons. The maximum absolute atomic E-state index is 11.1. The van der Waals surface area contributed by atoms with Gasteiger partial charge in [0.1, 0.15) is 0 Å². The smallest absolute Gasteiger partial charge is 0.150 e. The summed E-state index contributed by atoms with van der Waals surface area (Å²) in [6.07, 6.45) is 1.65. The lowest BCUT2D eigenvalue weighted by atomic mass is 9.97. The lowest BCUT2D eigenvalue weighted by molar-refractivity contribution is 0.111. The summed E-state index contributed by atoms with van der Waals surface area (Å²) in [7, 11) is 0. The van der Waals surface area contributed by atoms with Gasteiger partial charge in [-0.25, -0.2) is 0 Å². The average molecular weight is 234 g/mol. The van der Waals surface area contributed by atoms with Crippen LogP contribution in [0.15, 0.2) is 48.5 Å². The van der Waals surface area contributed by atoms with Crippen LogP contribution >= 0.6 is 0 Å². The molecule has 0 spiro atoms. The van der Waals surface area contributed by atoms with Crippen molar-refractivity contribution in [3.63, 3.8) is 0 Å². The van der Waals surface area contributed by atoms with E-state index in [4.69, 9.17) is 0 Å². The van der Waals surface area contributed by atoms with Crippen LogP contribution in [0.2, 0.25) is 0 Å². The molecule has 0 fully saturated rings. The van der Waals surface area contributed by atoms with Crippen LogP contribution in [0.4, 0.5) is 0 Å². The molecular weight excluding hydrogens is 224 g/mol. The van der Waals surface area contributed by atoms with Crippen molar-refractivity contribution in [3.8, 4) is 0 Å². The van der Waals surface area contributed by atoms with Crippen LogP contribution in [0.3, 0.4) is 0 Å². The van der Waals surface area contributed by atoms with Gasteiger partial charge in [-0.05, 0) is 33.7 Å². The molecule has 0 atom stereocenters. The molecule has 0 saturated carbocycles. The second kappa shape index (κ2) is 4.08. The summed E-state index contributed by atoms with van der Waals surface area (Å²) in [5.41, 5.74) is 1.22. The Morgan fingerprint density at radius 1 is 0.667 bits per heavy atom. The third-order valence-corrected chi connectivity index (χ3v) is 3.20. The quantitative estimate of drug-likeness (QED) is 0.501. The molecule has 0 radical (unpaired) electrons. The second-order valence-electron chi connectivity index (χ2n) is 4.22. The van der Waals surface area contributed by atoms with Crippen LogP contribution < -0.4 is 0 Å². The number of hydrogen-bond acceptors (Lipinski definition) is 2. The van der Waals surface area contributed by atoms with E-state index in [-0.39, 0.29) is 0 Å². The Morgan fingerprint density at radius 2 is 1.11 bits per heavy atom. The van der Waals surface area contributed by atoms with Crippen molar-refractivity contribution < 1.29 is 9.59 Å². The van der Waals surface area contributed by atoms with E-state index in [1.807, 2.05) is 36.4 Å². The molecule has 0 bridgehead atoms. The van der Waals surface area contributed by atoms with Gasteiger partial charge in [0.25, 0.3) is 0 Å². The highest BCUT2D eigenvalue weighted by Gasteiger charge is 2.06. The second-order valence-corrected chi connectivity index (χ2v) is 4.22. The molecule has 2 nitrogen and oxygen atoms in total. The molecule has 0 aromatic heterocycles. The third-order valence-electron chi connectivity index (χ3n) is 3.20. The topological polar surface area (TPSA) is 34.1 Å². The minimum absolute atomic E-state index is 0.612. The van der Waals surface area contributed by atoms with E-state index < -0.39 is 0 Å². The van der Waals surface area contributed by atoms with Gasteiger partial charge in [0, 0.05) is 11.1 Å². The minimum Gasteiger partial charge on any atom is -0.298 e. The lowest BCUT2D eigenvalue weighted by Gasteiger charge is -2.06. The van der Waals surface area contributed by atoms with E-state index >= 15 is 0 Å². The van der Waals surface area contributed by atoms with Crippen LogP contribution in [0, 0.1) is 0 Å². The van der Waals surface area contributed by atoms with Gasteiger partial charge >= 0.3 is 0 Å². The van der Waals surface area contributed by atoms with Gasteiger partial charge in [0.2, 0.25) is 0 Å². The minimum atomic E-state index is 0.612. The fourth-order valence-electron chi connectivity index (χ4n) is 2.28. The molecular formula is C16H10O2. The number of carbonyl (C=O) groups is 2. The number of carbonyl (C=O) groups excluding carboxylic acids is 2. The zero-order valence-corrected chi connectivity index (χ0v) is 9.59. The summed E-state index contributed by atoms with van der Waals surface area (Å²) in [6.45, 7) is 0. The highest BCUT2D eigenvalue weighted by atomic mass is 16.1. The van der Waals surface area contributed by atoms with E-state index in [1.165, 1.54) is 0 Å². The molecule has 0 unspecified atom stereocenters. The largest absolute Gasteiger partial charge is 0.298 e. The Hall–Kier alpha value is -2.48. The zero-order valence-electron chi connectivity index (χ0n) is 9.59. The van der Waals surface area contributed by atoms with Gasteiger partial charge in [-0.15, -0.1) is 0 Å². The zero-order chi connectivity index (χ0) is 12.5. The van der Waals surface area contributed by atoms with Gasteiger partial charge < -0.3 is 0 Å². The SMILES string of the molecule is O=Cc1ccc(C=O)c2cc3ccccc3cc12. The molecule has 0 amide bonds. The number of fused-ring (bicyclic) bond motifs is 2. The molecule has 0 aliphatic rings. The van der Waals surface area contributed by atoms with Crippen LogP contribution in [0.5, 0.6) is 0 Å². The molecule has 3 rings (SSSR count). The molecule has 3 aromatic carbocycles. The molecule has 0 aliphatic heterocycles. The molecule has 0 aliphatic carbocycles. The Balaban J connectivity index is 2.54. The van der Waals surface area contributed by atoms with Crippen molar-refractivity contribution in [2.75, 3.05) is 0 Å². The van der Waals surface area contributed by atoms with E-state index in [0.717, 1.165) is 34.1 Å². The van der Waals surface area contributed by atoms with Crippen LogP contribution in [-0.4, -0.2) is 12.6 Å². The summed E-state index contributed by atoms with van der Waals surface area (Å²) in [6, 6.07) is 15.2. The molecule has 0 heterocycles. The van der Waals surface area contributed by atoms with E-state index in [2.05, 4.69) is 0 Å². The number of aldehydes is 2. The monoisotopic (exact) mass is 234 g/mol. The summed E-state index contributed by atoms with van der Waals surface area (Å²) in [4.78, 5) is 22.1. The summed E-state index contributed by atoms with van der Waals surface area (Å²) in [5.74, 6) is 0. The molecule has 0 N–H and O–H groups in total. The van der Waals surface area contributed by atoms with E-state index in [0.29, 0.717) is 11.1 Å². The van der Waals surface area contributed by atoms with Crippen LogP contribution in [0.25, 0.3) is 21.5 Å². The summed E-state index contributed by atoms with van der Waals surface area (Å²) >= 11 is 0. The summed E-state index contributed by atoms with van der Waals surface area (Å²) < 4.78 is 0. The van der Waals surface area contributed by atoms with Gasteiger partial charge in [0.15, 0.2) is 12.6 Å². The number of rotatable bonds is 2. The predicted octanol–water partition coefficient (Wildman–Crippen LogP) is 3.62. The lowest BCUT2D eigenvalue weighted by Crippen LogP contribution is -1.89. The fraction of sp³-hybridized carbons (Fsp3) is 0. The standard InChI is InChI=1S/C16H10O2/c17-9-13-5-6-14(10-18)16-8-12-4-2-1-3-11(12)7-15(13)16/h1-10H. The van der Waals surface area contributed by atoms with E-state index in [1.54, 1.807) is 12.1 Å². The Kier molecular flexibility index (Phi) is 2.41. The normalized spacial score (nSPS) is 10.7. The fourth-order valence-corrected chi connectivity index (χ4v) is 2.28. The Bertz CT molecular complexity index is 706. The average Bonchev–Trinajstić information content (AvgIpc) is 2.44. The Morgan fingerprint density at radius 3 is 1.50 bits per heavy atom. The van der Waals surface area contributed by atoms with E-state index in [9.17, 15) is 9.59 Å². The van der Waals surface area contributed by atoms with Crippen molar-refractivity contribution in [2.45, 2.75) is 0 Å². The van der Waals surface area contributed by atoms with Crippen LogP contribution in [0.1, 0.15) is 20.7 Å². The first kappa shape index (κ1) is 10.7. The van der Waals surface area contributed by atoms with Crippen molar-refractivity contribution in [1.82, 2.24) is 0 Å². The van der Waals surface area contributed by atoms with Crippen molar-refractivity contribution in [2.24, 2.45) is 0 Å². The maximum atomic E-state index is 11.1. The van der Waals surface area contributed by atoms with Gasteiger partial charge in [0.05, 0.1) is 0 Å². The highest BCUT2D eigenvalue weighted by molar-refractivity contribution is 6.10. The molecule has 2 heteroatoms. The third kappa shape index (κ3) is 1.51. The summed E-state index contributed by atoms with van der Waals surface area (Å²) in [5, 5.41) is 3.79. The molecule has 18 heavy (non-hydrogen) atoms. The molecule has 3 aromatic rings. The van der Waals surface area contributed by atoms with Crippen molar-refractivity contribution >= 4 is 34.1 Å². The van der Waals surface area contributed by atoms with Gasteiger partial charge in [-0.2, -0.15) is 0 Å². The van der Waals surface area contributed by atoms with Crippen LogP contribution in [-0.2, 0) is 0 Å². The van der Waals surface area contributed by atoms with Gasteiger partial charge in [-0.1, -0.05) is 36.4 Å².